The average molecular weight is 354 g/mol. The molecule has 0 bridgehead atoms. The molecule has 23 heavy (non-hydrogen) atoms. The van der Waals surface area contributed by atoms with Gasteiger partial charge in [-0.25, -0.2) is 16.8 Å². The van der Waals surface area contributed by atoms with Crippen molar-refractivity contribution < 1.29 is 21.9 Å². The van der Waals surface area contributed by atoms with Crippen molar-refractivity contribution in [1.82, 2.24) is 0 Å². The van der Waals surface area contributed by atoms with Crippen LogP contribution in [0.25, 0.3) is 0 Å². The molecule has 2 aromatic carbocycles. The minimum absolute atomic E-state index is 0.127. The predicted molar refractivity (Wildman–Crippen MR) is 87.6 cm³/mol. The van der Waals surface area contributed by atoms with Crippen LogP contribution in [0.5, 0.6) is 0 Å². The molecule has 2 rings (SSSR count). The number of hydrogen-bond donors (Lipinski definition) is 1. The molecular weight excluding hydrogens is 336 g/mol. The third kappa shape index (κ3) is 3.46. The summed E-state index contributed by atoms with van der Waals surface area (Å²) in [4.78, 5) is -0.254. The van der Waals surface area contributed by atoms with Gasteiger partial charge in [0.25, 0.3) is 0 Å². The normalized spacial score (nSPS) is 12.5. The van der Waals surface area contributed by atoms with Crippen molar-refractivity contribution in [1.29, 1.82) is 0 Å². The molecule has 0 amide bonds. The first kappa shape index (κ1) is 17.7. The van der Waals surface area contributed by atoms with E-state index in [0.29, 0.717) is 0 Å². The Bertz CT molecular complexity index is 805. The lowest BCUT2D eigenvalue weighted by atomic mass is 10.2. The van der Waals surface area contributed by atoms with E-state index >= 15 is 0 Å². The van der Waals surface area contributed by atoms with Gasteiger partial charge in [-0.05, 0) is 38.1 Å². The van der Waals surface area contributed by atoms with Gasteiger partial charge in [-0.15, -0.1) is 0 Å². The standard InChI is InChI=1S/C16H18O5S2/c1-12-3-7-14(8-4-12)22(18,19)16(11-17)23(20,21)15-9-5-13(2)6-10-15/h3-10,16-17H,11H2,1-2H3. The molecular formula is C16H18O5S2. The summed E-state index contributed by atoms with van der Waals surface area (Å²) in [5.74, 6) is 0. The first-order valence-electron chi connectivity index (χ1n) is 6.91. The number of rotatable bonds is 5. The van der Waals surface area contributed by atoms with Gasteiger partial charge in [0.2, 0.25) is 0 Å². The van der Waals surface area contributed by atoms with E-state index < -0.39 is 30.9 Å². The van der Waals surface area contributed by atoms with Crippen LogP contribution in [0.2, 0.25) is 0 Å². The zero-order valence-corrected chi connectivity index (χ0v) is 14.4. The zero-order valence-electron chi connectivity index (χ0n) is 12.8. The van der Waals surface area contributed by atoms with Gasteiger partial charge in [-0.1, -0.05) is 35.4 Å². The van der Waals surface area contributed by atoms with E-state index in [9.17, 15) is 21.9 Å². The van der Waals surface area contributed by atoms with Crippen LogP contribution in [0.4, 0.5) is 0 Å². The monoisotopic (exact) mass is 354 g/mol. The van der Waals surface area contributed by atoms with Gasteiger partial charge in [0.05, 0.1) is 16.4 Å². The maximum Gasteiger partial charge on any atom is 0.198 e. The van der Waals surface area contributed by atoms with Crippen molar-refractivity contribution >= 4 is 19.7 Å². The van der Waals surface area contributed by atoms with Gasteiger partial charge in [0.15, 0.2) is 24.3 Å². The summed E-state index contributed by atoms with van der Waals surface area (Å²) in [6.45, 7) is 2.58. The summed E-state index contributed by atoms with van der Waals surface area (Å²) in [6.07, 6.45) is 0. The lowest BCUT2D eigenvalue weighted by molar-refractivity contribution is 0.308. The summed E-state index contributed by atoms with van der Waals surface area (Å²) < 4.78 is 48.6. The van der Waals surface area contributed by atoms with E-state index in [-0.39, 0.29) is 9.79 Å². The van der Waals surface area contributed by atoms with Crippen LogP contribution in [0.1, 0.15) is 11.1 Å². The quantitative estimate of drug-likeness (QED) is 0.885. The number of hydrogen-bond acceptors (Lipinski definition) is 5. The molecule has 0 aliphatic heterocycles. The molecule has 124 valence electrons. The summed E-state index contributed by atoms with van der Waals surface area (Å²) in [6, 6.07) is 11.7. The van der Waals surface area contributed by atoms with Crippen molar-refractivity contribution in [3.05, 3.63) is 59.7 Å². The number of aryl methyl sites for hydroxylation is 2. The fourth-order valence-electron chi connectivity index (χ4n) is 2.12. The van der Waals surface area contributed by atoms with E-state index in [0.717, 1.165) is 11.1 Å². The highest BCUT2D eigenvalue weighted by Gasteiger charge is 2.39. The second-order valence-electron chi connectivity index (χ2n) is 5.33. The average Bonchev–Trinajstić information content (AvgIpc) is 2.48. The van der Waals surface area contributed by atoms with Gasteiger partial charge < -0.3 is 5.11 Å². The van der Waals surface area contributed by atoms with Crippen LogP contribution in [0.3, 0.4) is 0 Å². The van der Waals surface area contributed by atoms with Gasteiger partial charge >= 0.3 is 0 Å². The van der Waals surface area contributed by atoms with E-state index in [4.69, 9.17) is 0 Å². The molecule has 0 fully saturated rings. The van der Waals surface area contributed by atoms with Crippen LogP contribution >= 0.6 is 0 Å². The van der Waals surface area contributed by atoms with Gasteiger partial charge in [-0.3, -0.25) is 0 Å². The number of benzene rings is 2. The van der Waals surface area contributed by atoms with E-state index in [1.54, 1.807) is 38.1 Å². The Morgan fingerprint density at radius 2 is 1.04 bits per heavy atom. The van der Waals surface area contributed by atoms with Crippen molar-refractivity contribution in [3.8, 4) is 0 Å². The summed E-state index contributed by atoms with van der Waals surface area (Å²) in [5, 5.41) is 9.47. The molecule has 0 saturated heterocycles. The molecule has 0 radical (unpaired) electrons. The van der Waals surface area contributed by atoms with Crippen LogP contribution in [0, 0.1) is 13.8 Å². The molecule has 7 heteroatoms. The summed E-state index contributed by atoms with van der Waals surface area (Å²) >= 11 is 0. The summed E-state index contributed by atoms with van der Waals surface area (Å²) in [7, 11) is -8.44. The van der Waals surface area contributed by atoms with Crippen LogP contribution in [0.15, 0.2) is 58.3 Å². The van der Waals surface area contributed by atoms with E-state index in [1.807, 2.05) is 0 Å². The second kappa shape index (κ2) is 6.43. The Morgan fingerprint density at radius 1 is 0.739 bits per heavy atom. The smallest absolute Gasteiger partial charge is 0.198 e. The minimum Gasteiger partial charge on any atom is -0.394 e. The second-order valence-corrected chi connectivity index (χ2v) is 9.89. The lowest BCUT2D eigenvalue weighted by Crippen LogP contribution is -2.34. The molecule has 2 aromatic rings. The van der Waals surface area contributed by atoms with Gasteiger partial charge in [0.1, 0.15) is 0 Å². The lowest BCUT2D eigenvalue weighted by Gasteiger charge is -2.16. The molecule has 0 aliphatic rings. The summed E-state index contributed by atoms with van der Waals surface area (Å²) in [5.41, 5.74) is 1.71. The van der Waals surface area contributed by atoms with Crippen molar-refractivity contribution in [2.24, 2.45) is 0 Å². The molecule has 0 spiro atoms. The molecule has 0 heterocycles. The number of sulfone groups is 2. The Kier molecular flexibility index (Phi) is 4.93. The fourth-order valence-corrected chi connectivity index (χ4v) is 6.15. The number of aliphatic hydroxyl groups is 1. The molecule has 0 saturated carbocycles. The largest absolute Gasteiger partial charge is 0.394 e. The van der Waals surface area contributed by atoms with Crippen LogP contribution in [-0.2, 0) is 19.7 Å². The maximum absolute atomic E-state index is 12.6. The Morgan fingerprint density at radius 3 is 1.30 bits per heavy atom. The minimum atomic E-state index is -4.22. The molecule has 5 nitrogen and oxygen atoms in total. The highest BCUT2D eigenvalue weighted by atomic mass is 32.3. The Hall–Kier alpha value is -1.70. The molecule has 0 unspecified atom stereocenters. The third-order valence-electron chi connectivity index (χ3n) is 3.54. The maximum atomic E-state index is 12.6. The van der Waals surface area contributed by atoms with Crippen molar-refractivity contribution in [2.75, 3.05) is 6.61 Å². The fraction of sp³-hybridized carbons (Fsp3) is 0.250. The zero-order chi connectivity index (χ0) is 17.3. The highest BCUT2D eigenvalue weighted by molar-refractivity contribution is 8.09. The molecule has 0 aromatic heterocycles. The first-order valence-corrected chi connectivity index (χ1v) is 10.0. The molecule has 1 N–H and O–H groups in total. The van der Waals surface area contributed by atoms with Crippen LogP contribution in [-0.4, -0.2) is 33.1 Å². The first-order chi connectivity index (χ1) is 10.7. The van der Waals surface area contributed by atoms with Crippen LogP contribution < -0.4 is 0 Å². The topological polar surface area (TPSA) is 88.5 Å². The SMILES string of the molecule is Cc1ccc(S(=O)(=O)C(CO)S(=O)(=O)c2ccc(C)cc2)cc1. The third-order valence-corrected chi connectivity index (χ3v) is 8.60. The van der Waals surface area contributed by atoms with E-state index in [2.05, 4.69) is 0 Å². The van der Waals surface area contributed by atoms with Gasteiger partial charge in [-0.2, -0.15) is 0 Å². The van der Waals surface area contributed by atoms with Crippen molar-refractivity contribution in [2.45, 2.75) is 28.2 Å². The van der Waals surface area contributed by atoms with Crippen molar-refractivity contribution in [3.63, 3.8) is 0 Å². The highest BCUT2D eigenvalue weighted by Crippen LogP contribution is 2.25. The molecule has 0 aliphatic carbocycles. The molecule has 0 atom stereocenters. The Balaban J connectivity index is 2.53. The van der Waals surface area contributed by atoms with E-state index in [1.165, 1.54) is 24.3 Å². The number of aliphatic hydroxyl groups excluding tert-OH is 1. The Labute approximate surface area is 136 Å². The van der Waals surface area contributed by atoms with Gasteiger partial charge in [0, 0.05) is 0 Å². The predicted octanol–water partition coefficient (Wildman–Crippen LogP) is 1.87.